The summed E-state index contributed by atoms with van der Waals surface area (Å²) in [5.74, 6) is -0.157. The van der Waals surface area contributed by atoms with Gasteiger partial charge in [0.15, 0.2) is 5.78 Å². The lowest BCUT2D eigenvalue weighted by Gasteiger charge is -2.30. The van der Waals surface area contributed by atoms with E-state index in [4.69, 9.17) is 17.0 Å². The van der Waals surface area contributed by atoms with Crippen molar-refractivity contribution in [2.75, 3.05) is 12.4 Å². The number of nitrogens with zero attached hydrogens (tertiary/aromatic N) is 1. The van der Waals surface area contributed by atoms with Gasteiger partial charge in [0.2, 0.25) is 4.38 Å². The van der Waals surface area contributed by atoms with E-state index in [0.717, 1.165) is 27.7 Å². The molecule has 0 atom stereocenters. The molecule has 31 heavy (non-hydrogen) atoms. The smallest absolute Gasteiger partial charge is 0.220 e. The van der Waals surface area contributed by atoms with Gasteiger partial charge in [-0.15, -0.1) is 0 Å². The van der Waals surface area contributed by atoms with Crippen LogP contribution in [0.15, 0.2) is 91.0 Å². The third kappa shape index (κ3) is 4.99. The molecule has 0 aliphatic carbocycles. The molecule has 3 rings (SSSR count). The van der Waals surface area contributed by atoms with Gasteiger partial charge in [-0.25, -0.2) is 0 Å². The van der Waals surface area contributed by atoms with Gasteiger partial charge in [-0.3, -0.25) is 4.79 Å². The quantitative estimate of drug-likeness (QED) is 0.386. The third-order valence-electron chi connectivity index (χ3n) is 4.72. The Morgan fingerprint density at radius 3 is 1.68 bits per heavy atom. The number of thioether (sulfide) groups is 1. The fraction of sp³-hybridized carbons (Fsp3) is 0.120. The van der Waals surface area contributed by atoms with Gasteiger partial charge in [0.25, 0.3) is 0 Å². The van der Waals surface area contributed by atoms with Gasteiger partial charge < -0.3 is 4.74 Å². The SMILES string of the molecule is CCOC(=S)SCC(=O)C(C#N)=P(c1ccccc1)(c1ccccc1)c1ccccc1. The van der Waals surface area contributed by atoms with Gasteiger partial charge in [0.05, 0.1) is 12.4 Å². The molecule has 0 heterocycles. The molecule has 0 fully saturated rings. The number of hydrogen-bond acceptors (Lipinski definition) is 5. The van der Waals surface area contributed by atoms with Crippen molar-refractivity contribution in [2.24, 2.45) is 0 Å². The number of Topliss-reactive ketones (excluding diaryl/α,β-unsaturated/α-hetero) is 1. The first-order valence-electron chi connectivity index (χ1n) is 9.80. The minimum Gasteiger partial charge on any atom is -0.479 e. The maximum absolute atomic E-state index is 13.5. The number of benzene rings is 3. The van der Waals surface area contributed by atoms with Gasteiger partial charge in [0, 0.05) is 0 Å². The molecule has 3 aromatic carbocycles. The summed E-state index contributed by atoms with van der Waals surface area (Å²) < 4.78 is 5.62. The van der Waals surface area contributed by atoms with Crippen molar-refractivity contribution in [3.05, 3.63) is 91.0 Å². The molecule has 0 amide bonds. The van der Waals surface area contributed by atoms with Crippen LogP contribution in [0.1, 0.15) is 6.92 Å². The fourth-order valence-corrected chi connectivity index (χ4v) is 8.59. The van der Waals surface area contributed by atoms with E-state index in [-0.39, 0.29) is 16.8 Å². The number of nitriles is 1. The zero-order chi connectivity index (χ0) is 22.1. The van der Waals surface area contributed by atoms with Gasteiger partial charge in [-0.05, 0) is 41.9 Å². The molecule has 0 N–H and O–H groups in total. The van der Waals surface area contributed by atoms with E-state index in [1.54, 1.807) is 0 Å². The number of ether oxygens (including phenoxy) is 1. The Kier molecular flexibility index (Phi) is 8.26. The van der Waals surface area contributed by atoms with Crippen molar-refractivity contribution in [2.45, 2.75) is 6.92 Å². The van der Waals surface area contributed by atoms with Crippen LogP contribution in [0, 0.1) is 11.3 Å². The zero-order valence-electron chi connectivity index (χ0n) is 17.1. The summed E-state index contributed by atoms with van der Waals surface area (Å²) in [6.07, 6.45) is 0. The van der Waals surface area contributed by atoms with Gasteiger partial charge in [-0.1, -0.05) is 103 Å². The Morgan fingerprint density at radius 1 is 0.903 bits per heavy atom. The second-order valence-corrected chi connectivity index (χ2v) is 11.4. The normalized spacial score (nSPS) is 10.7. The van der Waals surface area contributed by atoms with Crippen molar-refractivity contribution < 1.29 is 9.53 Å². The molecule has 3 nitrogen and oxygen atoms in total. The first-order chi connectivity index (χ1) is 15.1. The first-order valence-corrected chi connectivity index (χ1v) is 13.0. The minimum atomic E-state index is -2.69. The van der Waals surface area contributed by atoms with E-state index in [2.05, 4.69) is 6.07 Å². The molecule has 0 bridgehead atoms. The molecule has 156 valence electrons. The van der Waals surface area contributed by atoms with Crippen molar-refractivity contribution in [3.8, 4) is 6.07 Å². The molecular formula is C25H22NO2PS2. The highest BCUT2D eigenvalue weighted by Gasteiger charge is 2.33. The van der Waals surface area contributed by atoms with E-state index in [0.29, 0.717) is 11.0 Å². The number of carbonyl (C=O) groups is 1. The number of rotatable bonds is 7. The Labute approximate surface area is 193 Å². The summed E-state index contributed by atoms with van der Waals surface area (Å²) in [6, 6.07) is 31.9. The predicted molar refractivity (Wildman–Crippen MR) is 137 cm³/mol. The van der Waals surface area contributed by atoms with Crippen molar-refractivity contribution in [3.63, 3.8) is 0 Å². The van der Waals surface area contributed by atoms with Crippen LogP contribution in [0.5, 0.6) is 0 Å². The summed E-state index contributed by atoms with van der Waals surface area (Å²) in [5.41, 5.74) is 0. The first kappa shape index (κ1) is 23.0. The average Bonchev–Trinajstić information content (AvgIpc) is 2.83. The number of thiocarbonyl (C=S) groups is 1. The highest BCUT2D eigenvalue weighted by atomic mass is 32.2. The molecule has 6 heteroatoms. The van der Waals surface area contributed by atoms with Gasteiger partial charge in [0.1, 0.15) is 11.4 Å². The topological polar surface area (TPSA) is 50.1 Å². The summed E-state index contributed by atoms with van der Waals surface area (Å²) in [7, 11) is 0. The van der Waals surface area contributed by atoms with Crippen LogP contribution >= 0.6 is 30.9 Å². The van der Waals surface area contributed by atoms with E-state index in [1.807, 2.05) is 97.9 Å². The van der Waals surface area contributed by atoms with E-state index in [1.165, 1.54) is 0 Å². The number of hydrogen-bond donors (Lipinski definition) is 0. The van der Waals surface area contributed by atoms with Crippen LogP contribution in [0.2, 0.25) is 0 Å². The molecule has 0 aromatic heterocycles. The Hall–Kier alpha value is -2.64. The van der Waals surface area contributed by atoms with Gasteiger partial charge in [-0.2, -0.15) is 5.26 Å². The molecule has 0 radical (unpaired) electrons. The average molecular weight is 464 g/mol. The van der Waals surface area contributed by atoms with Gasteiger partial charge >= 0.3 is 0 Å². The van der Waals surface area contributed by atoms with E-state index >= 15 is 0 Å². The Morgan fingerprint density at radius 2 is 1.32 bits per heavy atom. The zero-order valence-corrected chi connectivity index (χ0v) is 19.6. The van der Waals surface area contributed by atoms with E-state index in [9.17, 15) is 10.1 Å². The monoisotopic (exact) mass is 463 g/mol. The number of carbonyl (C=O) groups excluding carboxylic acids is 1. The molecule has 0 aliphatic rings. The Bertz CT molecular complexity index is 1040. The maximum atomic E-state index is 13.5. The second-order valence-electron chi connectivity index (χ2n) is 6.53. The van der Waals surface area contributed by atoms with Crippen LogP contribution < -0.4 is 15.9 Å². The molecule has 0 saturated carbocycles. The lowest BCUT2D eigenvalue weighted by atomic mass is 10.3. The third-order valence-corrected chi connectivity index (χ3v) is 10.2. The van der Waals surface area contributed by atoms with Crippen LogP contribution in [0.4, 0.5) is 0 Å². The van der Waals surface area contributed by atoms with Crippen molar-refractivity contribution >= 4 is 62.2 Å². The molecule has 0 spiro atoms. The molecule has 0 saturated heterocycles. The highest BCUT2D eigenvalue weighted by molar-refractivity contribution is 8.23. The van der Waals surface area contributed by atoms with E-state index < -0.39 is 6.89 Å². The maximum Gasteiger partial charge on any atom is 0.220 e. The van der Waals surface area contributed by atoms with Crippen molar-refractivity contribution in [1.29, 1.82) is 5.26 Å². The number of ketones is 1. The summed E-state index contributed by atoms with van der Waals surface area (Å²) in [4.78, 5) is 13.5. The second kappa shape index (κ2) is 11.1. The molecule has 3 aromatic rings. The minimum absolute atomic E-state index is 0.0655. The lowest BCUT2D eigenvalue weighted by molar-refractivity contribution is -0.110. The highest BCUT2D eigenvalue weighted by Crippen LogP contribution is 2.46. The molecule has 0 unspecified atom stereocenters. The molecule has 0 aliphatic heterocycles. The summed E-state index contributed by atoms with van der Waals surface area (Å²) in [5, 5.41) is 13.5. The van der Waals surface area contributed by atoms with Crippen LogP contribution in [0.25, 0.3) is 0 Å². The molecular weight excluding hydrogens is 441 g/mol. The fourth-order valence-electron chi connectivity index (χ4n) is 3.47. The largest absolute Gasteiger partial charge is 0.479 e. The van der Waals surface area contributed by atoms with Crippen LogP contribution in [-0.4, -0.2) is 27.8 Å². The summed E-state index contributed by atoms with van der Waals surface area (Å²) >= 11 is 6.33. The van der Waals surface area contributed by atoms with Crippen LogP contribution in [-0.2, 0) is 9.53 Å². The summed E-state index contributed by atoms with van der Waals surface area (Å²) in [6.45, 7) is -0.393. The van der Waals surface area contributed by atoms with Crippen molar-refractivity contribution in [1.82, 2.24) is 0 Å². The lowest BCUT2D eigenvalue weighted by Crippen LogP contribution is -2.33. The predicted octanol–water partition coefficient (Wildman–Crippen LogP) is 4.30. The van der Waals surface area contributed by atoms with Crippen LogP contribution in [0.3, 0.4) is 0 Å². The Balaban J connectivity index is 2.34. The standard InChI is InChI=1S/C25H22NO2PS2/c1-2-28-25(30)31-19-23(27)24(18-26)29(20-12-6-3-7-13-20,21-14-8-4-9-15-21)22-16-10-5-11-17-22/h3-17H,2,19H2,1H3.